The summed E-state index contributed by atoms with van der Waals surface area (Å²) >= 11 is 0. The average Bonchev–Trinajstić information content (AvgIpc) is 2.92. The van der Waals surface area contributed by atoms with E-state index in [0.717, 1.165) is 52.2 Å². The number of amides is 1. The molecule has 2 unspecified atom stereocenters. The Labute approximate surface area is 116 Å². The minimum absolute atomic E-state index is 0.124. The summed E-state index contributed by atoms with van der Waals surface area (Å²) < 4.78 is 5.66. The van der Waals surface area contributed by atoms with E-state index in [4.69, 9.17) is 10.5 Å². The molecule has 2 heterocycles. The lowest BCUT2D eigenvalue weighted by Crippen LogP contribution is -2.54. The first-order valence-corrected chi connectivity index (χ1v) is 7.59. The normalized spacial score (nSPS) is 26.6. The Morgan fingerprint density at radius 2 is 2.11 bits per heavy atom. The van der Waals surface area contributed by atoms with E-state index >= 15 is 0 Å². The molecule has 0 bridgehead atoms. The maximum absolute atomic E-state index is 12.1. The van der Waals surface area contributed by atoms with Crippen LogP contribution in [-0.4, -0.2) is 67.2 Å². The molecule has 5 heteroatoms. The van der Waals surface area contributed by atoms with E-state index in [-0.39, 0.29) is 11.9 Å². The highest BCUT2D eigenvalue weighted by molar-refractivity contribution is 5.81. The van der Waals surface area contributed by atoms with Crippen LogP contribution in [0, 0.1) is 0 Å². The molecule has 1 amide bonds. The van der Waals surface area contributed by atoms with E-state index in [1.807, 2.05) is 4.90 Å². The number of carbonyl (C=O) groups excluding carboxylic acids is 1. The molecule has 19 heavy (non-hydrogen) atoms. The molecule has 2 rings (SSSR count). The van der Waals surface area contributed by atoms with E-state index in [0.29, 0.717) is 6.10 Å². The Morgan fingerprint density at radius 1 is 1.37 bits per heavy atom. The van der Waals surface area contributed by atoms with Crippen LogP contribution in [-0.2, 0) is 9.53 Å². The Morgan fingerprint density at radius 3 is 2.68 bits per heavy atom. The number of carbonyl (C=O) groups is 1. The van der Waals surface area contributed by atoms with Gasteiger partial charge in [-0.15, -0.1) is 0 Å². The van der Waals surface area contributed by atoms with Gasteiger partial charge < -0.3 is 15.4 Å². The van der Waals surface area contributed by atoms with Crippen molar-refractivity contribution in [2.75, 3.05) is 39.3 Å². The van der Waals surface area contributed by atoms with E-state index in [1.165, 1.54) is 12.8 Å². The van der Waals surface area contributed by atoms with Gasteiger partial charge in [0.25, 0.3) is 0 Å². The zero-order valence-electron chi connectivity index (χ0n) is 12.0. The monoisotopic (exact) mass is 269 g/mol. The van der Waals surface area contributed by atoms with E-state index < -0.39 is 0 Å². The number of nitrogens with zero attached hydrogens (tertiary/aromatic N) is 2. The summed E-state index contributed by atoms with van der Waals surface area (Å²) in [6.07, 6.45) is 4.53. The molecule has 2 fully saturated rings. The highest BCUT2D eigenvalue weighted by Crippen LogP contribution is 2.14. The molecular formula is C14H27N3O2. The van der Waals surface area contributed by atoms with Crippen LogP contribution in [0.15, 0.2) is 0 Å². The number of rotatable bonds is 5. The van der Waals surface area contributed by atoms with Crippen LogP contribution in [0.1, 0.15) is 32.6 Å². The smallest absolute Gasteiger partial charge is 0.239 e. The van der Waals surface area contributed by atoms with Crippen LogP contribution in [0.5, 0.6) is 0 Å². The molecule has 110 valence electrons. The summed E-state index contributed by atoms with van der Waals surface area (Å²) in [6.45, 7) is 7.51. The molecule has 0 aromatic carbocycles. The van der Waals surface area contributed by atoms with E-state index in [9.17, 15) is 4.79 Å². The van der Waals surface area contributed by atoms with Gasteiger partial charge in [-0.3, -0.25) is 9.69 Å². The van der Waals surface area contributed by atoms with Crippen molar-refractivity contribution in [3.63, 3.8) is 0 Å². The van der Waals surface area contributed by atoms with Crippen molar-refractivity contribution in [1.82, 2.24) is 9.80 Å². The Bertz CT molecular complexity index is 284. The summed E-state index contributed by atoms with van der Waals surface area (Å²) in [4.78, 5) is 16.4. The molecule has 0 saturated carbocycles. The minimum atomic E-state index is -0.310. The Hall–Kier alpha value is -0.650. The second-order valence-electron chi connectivity index (χ2n) is 5.66. The van der Waals surface area contributed by atoms with Gasteiger partial charge in [-0.25, -0.2) is 0 Å². The van der Waals surface area contributed by atoms with Crippen LogP contribution in [0.3, 0.4) is 0 Å². The third-order valence-electron chi connectivity index (χ3n) is 4.09. The Kier molecular flexibility index (Phi) is 5.60. The fourth-order valence-electron chi connectivity index (χ4n) is 2.90. The lowest BCUT2D eigenvalue weighted by Gasteiger charge is -2.36. The van der Waals surface area contributed by atoms with Crippen molar-refractivity contribution in [3.05, 3.63) is 0 Å². The molecular weight excluding hydrogens is 242 g/mol. The van der Waals surface area contributed by atoms with Crippen molar-refractivity contribution in [2.45, 2.75) is 44.8 Å². The van der Waals surface area contributed by atoms with Crippen LogP contribution in [0.2, 0.25) is 0 Å². The van der Waals surface area contributed by atoms with Gasteiger partial charge in [-0.1, -0.05) is 13.3 Å². The highest BCUT2D eigenvalue weighted by atomic mass is 16.5. The number of hydrogen-bond acceptors (Lipinski definition) is 4. The maximum atomic E-state index is 12.1. The molecule has 2 aliphatic heterocycles. The van der Waals surface area contributed by atoms with Gasteiger partial charge in [0, 0.05) is 39.3 Å². The van der Waals surface area contributed by atoms with E-state index in [1.54, 1.807) is 0 Å². The van der Waals surface area contributed by atoms with Crippen LogP contribution >= 0.6 is 0 Å². The first kappa shape index (κ1) is 14.8. The zero-order valence-corrected chi connectivity index (χ0v) is 12.0. The third-order valence-corrected chi connectivity index (χ3v) is 4.09. The lowest BCUT2D eigenvalue weighted by molar-refractivity contribution is -0.134. The van der Waals surface area contributed by atoms with Gasteiger partial charge in [0.2, 0.25) is 5.91 Å². The summed E-state index contributed by atoms with van der Waals surface area (Å²) in [5.74, 6) is 0.124. The maximum Gasteiger partial charge on any atom is 0.239 e. The van der Waals surface area contributed by atoms with Crippen molar-refractivity contribution in [2.24, 2.45) is 5.73 Å². The summed E-state index contributed by atoms with van der Waals surface area (Å²) in [5.41, 5.74) is 5.90. The van der Waals surface area contributed by atoms with Gasteiger partial charge in [0.1, 0.15) is 0 Å². The molecule has 2 aliphatic rings. The topological polar surface area (TPSA) is 58.8 Å². The van der Waals surface area contributed by atoms with Crippen LogP contribution < -0.4 is 5.73 Å². The summed E-state index contributed by atoms with van der Waals surface area (Å²) in [5, 5.41) is 0. The molecule has 0 aliphatic carbocycles. The molecule has 0 radical (unpaired) electrons. The number of ether oxygens (including phenoxy) is 1. The average molecular weight is 269 g/mol. The molecule has 2 saturated heterocycles. The van der Waals surface area contributed by atoms with E-state index in [2.05, 4.69) is 11.8 Å². The first-order chi connectivity index (χ1) is 9.20. The molecule has 5 nitrogen and oxygen atoms in total. The fourth-order valence-corrected chi connectivity index (χ4v) is 2.90. The summed E-state index contributed by atoms with van der Waals surface area (Å²) in [6, 6.07) is -0.310. The molecule has 2 N–H and O–H groups in total. The van der Waals surface area contributed by atoms with Crippen molar-refractivity contribution < 1.29 is 9.53 Å². The minimum Gasteiger partial charge on any atom is -0.377 e. The van der Waals surface area contributed by atoms with Crippen LogP contribution in [0.4, 0.5) is 0 Å². The largest absolute Gasteiger partial charge is 0.377 e. The number of hydrogen-bond donors (Lipinski definition) is 1. The predicted molar refractivity (Wildman–Crippen MR) is 74.9 cm³/mol. The van der Waals surface area contributed by atoms with Gasteiger partial charge >= 0.3 is 0 Å². The van der Waals surface area contributed by atoms with Crippen molar-refractivity contribution in [1.29, 1.82) is 0 Å². The SMILES string of the molecule is CCCC(N)C(=O)N1CCN(CC2CCCO2)CC1. The summed E-state index contributed by atoms with van der Waals surface area (Å²) in [7, 11) is 0. The third kappa shape index (κ3) is 4.16. The number of piperazine rings is 1. The second-order valence-corrected chi connectivity index (χ2v) is 5.66. The molecule has 2 atom stereocenters. The van der Waals surface area contributed by atoms with Gasteiger partial charge in [0.15, 0.2) is 0 Å². The predicted octanol–water partition coefficient (Wildman–Crippen LogP) is 0.437. The fraction of sp³-hybridized carbons (Fsp3) is 0.929. The Balaban J connectivity index is 1.70. The first-order valence-electron chi connectivity index (χ1n) is 7.59. The molecule has 0 spiro atoms. The van der Waals surface area contributed by atoms with Gasteiger partial charge in [-0.2, -0.15) is 0 Å². The zero-order chi connectivity index (χ0) is 13.7. The second kappa shape index (κ2) is 7.22. The van der Waals surface area contributed by atoms with Gasteiger partial charge in [-0.05, 0) is 19.3 Å². The van der Waals surface area contributed by atoms with Crippen LogP contribution in [0.25, 0.3) is 0 Å². The van der Waals surface area contributed by atoms with Crippen molar-refractivity contribution in [3.8, 4) is 0 Å². The standard InChI is InChI=1S/C14H27N3O2/c1-2-4-13(15)14(18)17-8-6-16(7-9-17)11-12-5-3-10-19-12/h12-13H,2-11,15H2,1H3. The van der Waals surface area contributed by atoms with Crippen molar-refractivity contribution >= 4 is 5.91 Å². The molecule has 0 aromatic rings. The van der Waals surface area contributed by atoms with Gasteiger partial charge in [0.05, 0.1) is 12.1 Å². The molecule has 0 aromatic heterocycles. The number of nitrogens with two attached hydrogens (primary N) is 1. The quantitative estimate of drug-likeness (QED) is 0.786. The highest BCUT2D eigenvalue weighted by Gasteiger charge is 2.26. The lowest BCUT2D eigenvalue weighted by atomic mass is 10.1.